The van der Waals surface area contributed by atoms with Gasteiger partial charge in [-0.05, 0) is 31.0 Å². The maximum absolute atomic E-state index is 6.08. The molecule has 0 radical (unpaired) electrons. The second-order valence-electron chi connectivity index (χ2n) is 3.66. The molecule has 0 unspecified atom stereocenters. The zero-order chi connectivity index (χ0) is 10.3. The van der Waals surface area contributed by atoms with Gasteiger partial charge in [-0.2, -0.15) is 10.2 Å². The van der Waals surface area contributed by atoms with E-state index in [1.165, 1.54) is 12.8 Å². The molecule has 1 aliphatic rings. The van der Waals surface area contributed by atoms with Crippen molar-refractivity contribution < 1.29 is 0 Å². The first-order valence-electron chi connectivity index (χ1n) is 4.88. The van der Waals surface area contributed by atoms with E-state index in [2.05, 4.69) is 15.3 Å². The molecule has 3 rings (SSSR count). The van der Waals surface area contributed by atoms with E-state index < -0.39 is 0 Å². The minimum atomic E-state index is 0.595. The number of halogens is 1. The molecule has 0 atom stereocenters. The summed E-state index contributed by atoms with van der Waals surface area (Å²) >= 11 is 6.08. The highest BCUT2D eigenvalue weighted by Crippen LogP contribution is 2.40. The summed E-state index contributed by atoms with van der Waals surface area (Å²) in [6.07, 6.45) is 4.06. The Labute approximate surface area is 91.9 Å². The van der Waals surface area contributed by atoms with Gasteiger partial charge in [-0.15, -0.1) is 5.10 Å². The van der Waals surface area contributed by atoms with Crippen LogP contribution in [-0.2, 0) is 0 Å². The summed E-state index contributed by atoms with van der Waals surface area (Å²) in [7, 11) is 0. The highest BCUT2D eigenvalue weighted by Gasteiger charge is 2.27. The summed E-state index contributed by atoms with van der Waals surface area (Å²) in [6.45, 7) is 0. The maximum Gasteiger partial charge on any atom is 0.177 e. The van der Waals surface area contributed by atoms with Gasteiger partial charge in [-0.25, -0.2) is 4.68 Å². The van der Waals surface area contributed by atoms with Crippen LogP contribution in [0.1, 0.15) is 24.5 Å². The van der Waals surface area contributed by atoms with Gasteiger partial charge in [0.05, 0.1) is 5.69 Å². The number of rotatable bonds is 2. The highest BCUT2D eigenvalue weighted by molar-refractivity contribution is 6.29. The summed E-state index contributed by atoms with van der Waals surface area (Å²) in [5.41, 5.74) is 1.06. The van der Waals surface area contributed by atoms with Crippen LogP contribution in [0.5, 0.6) is 0 Å². The third-order valence-electron chi connectivity index (χ3n) is 2.46. The van der Waals surface area contributed by atoms with Crippen LogP contribution in [0, 0.1) is 0 Å². The van der Waals surface area contributed by atoms with Gasteiger partial charge < -0.3 is 0 Å². The molecule has 1 aliphatic carbocycles. The second kappa shape index (κ2) is 3.31. The van der Waals surface area contributed by atoms with Crippen molar-refractivity contribution in [3.05, 3.63) is 35.2 Å². The van der Waals surface area contributed by atoms with Crippen LogP contribution >= 0.6 is 11.6 Å². The van der Waals surface area contributed by atoms with Crippen molar-refractivity contribution in [2.45, 2.75) is 18.8 Å². The average Bonchev–Trinajstić information content (AvgIpc) is 3.04. The lowest BCUT2D eigenvalue weighted by Gasteiger charge is -1.98. The predicted molar refractivity (Wildman–Crippen MR) is 56.1 cm³/mol. The highest BCUT2D eigenvalue weighted by atomic mass is 35.5. The third kappa shape index (κ3) is 1.61. The van der Waals surface area contributed by atoms with E-state index in [-0.39, 0.29) is 0 Å². The van der Waals surface area contributed by atoms with Gasteiger partial charge in [-0.1, -0.05) is 11.6 Å². The summed E-state index contributed by atoms with van der Waals surface area (Å²) in [6, 6.07) is 5.56. The van der Waals surface area contributed by atoms with E-state index >= 15 is 0 Å². The summed E-state index contributed by atoms with van der Waals surface area (Å²) in [4.78, 5) is 0. The van der Waals surface area contributed by atoms with Crippen LogP contribution in [0.15, 0.2) is 24.4 Å². The Morgan fingerprint density at radius 3 is 2.93 bits per heavy atom. The summed E-state index contributed by atoms with van der Waals surface area (Å²) in [5.74, 6) is 1.26. The third-order valence-corrected chi connectivity index (χ3v) is 2.72. The Hall–Kier alpha value is -1.42. The largest absolute Gasteiger partial charge is 0.202 e. The van der Waals surface area contributed by atoms with Crippen molar-refractivity contribution in [2.75, 3.05) is 0 Å². The first kappa shape index (κ1) is 8.85. The van der Waals surface area contributed by atoms with Crippen molar-refractivity contribution >= 4 is 11.6 Å². The topological polar surface area (TPSA) is 43.6 Å². The lowest BCUT2D eigenvalue weighted by molar-refractivity contribution is 0.790. The molecule has 15 heavy (non-hydrogen) atoms. The molecule has 1 fully saturated rings. The Bertz CT molecular complexity index is 475. The minimum Gasteiger partial charge on any atom is -0.202 e. The van der Waals surface area contributed by atoms with E-state index in [4.69, 9.17) is 11.6 Å². The van der Waals surface area contributed by atoms with Crippen LogP contribution in [-0.4, -0.2) is 20.0 Å². The summed E-state index contributed by atoms with van der Waals surface area (Å²) < 4.78 is 1.63. The Balaban J connectivity index is 2.04. The van der Waals surface area contributed by atoms with E-state index in [9.17, 15) is 0 Å². The zero-order valence-electron chi connectivity index (χ0n) is 7.97. The van der Waals surface area contributed by atoms with Crippen molar-refractivity contribution in [1.82, 2.24) is 20.0 Å². The molecule has 0 bridgehead atoms. The first-order valence-corrected chi connectivity index (χ1v) is 5.26. The van der Waals surface area contributed by atoms with E-state index in [1.54, 1.807) is 10.9 Å². The lowest BCUT2D eigenvalue weighted by Crippen LogP contribution is -2.00. The molecule has 2 aromatic rings. The molecule has 0 spiro atoms. The van der Waals surface area contributed by atoms with Crippen LogP contribution in [0.25, 0.3) is 5.82 Å². The normalized spacial score (nSPS) is 15.5. The van der Waals surface area contributed by atoms with Crippen molar-refractivity contribution in [2.24, 2.45) is 0 Å². The Morgan fingerprint density at radius 2 is 2.27 bits per heavy atom. The molecule has 5 heteroatoms. The molecule has 2 heterocycles. The molecule has 0 aliphatic heterocycles. The van der Waals surface area contributed by atoms with Crippen molar-refractivity contribution in [1.29, 1.82) is 0 Å². The smallest absolute Gasteiger partial charge is 0.177 e. The lowest BCUT2D eigenvalue weighted by atomic mass is 10.3. The molecule has 76 valence electrons. The van der Waals surface area contributed by atoms with E-state index in [0.29, 0.717) is 16.9 Å². The maximum atomic E-state index is 6.08. The fourth-order valence-corrected chi connectivity index (χ4v) is 1.76. The van der Waals surface area contributed by atoms with E-state index in [0.717, 1.165) is 5.69 Å². The molecule has 2 aromatic heterocycles. The number of hydrogen-bond acceptors (Lipinski definition) is 3. The second-order valence-corrected chi connectivity index (χ2v) is 4.05. The van der Waals surface area contributed by atoms with Crippen LogP contribution < -0.4 is 0 Å². The van der Waals surface area contributed by atoms with Gasteiger partial charge in [0, 0.05) is 12.1 Å². The first-order chi connectivity index (χ1) is 7.34. The average molecular weight is 221 g/mol. The van der Waals surface area contributed by atoms with Crippen molar-refractivity contribution in [3.8, 4) is 5.82 Å². The fourth-order valence-electron chi connectivity index (χ4n) is 1.52. The van der Waals surface area contributed by atoms with Crippen LogP contribution in [0.2, 0.25) is 5.15 Å². The fraction of sp³-hybridized carbons (Fsp3) is 0.300. The molecule has 0 saturated heterocycles. The standard InChI is InChI=1S/C10H9ClN4/c11-9-6-8(7-3-4-7)14-15(9)10-2-1-5-12-13-10/h1-2,5-7H,3-4H2. The molecule has 0 N–H and O–H groups in total. The number of aromatic nitrogens is 4. The van der Waals surface area contributed by atoms with Crippen LogP contribution in [0.3, 0.4) is 0 Å². The van der Waals surface area contributed by atoms with Gasteiger partial charge in [0.1, 0.15) is 5.15 Å². The van der Waals surface area contributed by atoms with Gasteiger partial charge in [-0.3, -0.25) is 0 Å². The number of hydrogen-bond donors (Lipinski definition) is 0. The van der Waals surface area contributed by atoms with E-state index in [1.807, 2.05) is 18.2 Å². The molecule has 0 aromatic carbocycles. The monoisotopic (exact) mass is 220 g/mol. The zero-order valence-corrected chi connectivity index (χ0v) is 8.72. The Kier molecular flexibility index (Phi) is 1.95. The van der Waals surface area contributed by atoms with Gasteiger partial charge in [0.2, 0.25) is 0 Å². The number of nitrogens with zero attached hydrogens (tertiary/aromatic N) is 4. The van der Waals surface area contributed by atoms with Crippen LogP contribution in [0.4, 0.5) is 0 Å². The minimum absolute atomic E-state index is 0.595. The quantitative estimate of drug-likeness (QED) is 0.779. The van der Waals surface area contributed by atoms with Gasteiger partial charge in [0.15, 0.2) is 5.82 Å². The summed E-state index contributed by atoms with van der Waals surface area (Å²) in [5, 5.41) is 12.8. The SMILES string of the molecule is Clc1cc(C2CC2)nn1-c1cccnn1. The van der Waals surface area contributed by atoms with Gasteiger partial charge in [0.25, 0.3) is 0 Å². The van der Waals surface area contributed by atoms with Crippen molar-refractivity contribution in [3.63, 3.8) is 0 Å². The molecule has 0 amide bonds. The Morgan fingerprint density at radius 1 is 1.40 bits per heavy atom. The molecular formula is C10H9ClN4. The molecule has 1 saturated carbocycles. The van der Waals surface area contributed by atoms with Gasteiger partial charge >= 0.3 is 0 Å². The molecule has 4 nitrogen and oxygen atoms in total. The molecular weight excluding hydrogens is 212 g/mol. The predicted octanol–water partition coefficient (Wildman–Crippen LogP) is 2.19.